The van der Waals surface area contributed by atoms with Gasteiger partial charge in [-0.2, -0.15) is 13.2 Å². The Morgan fingerprint density at radius 3 is 2.59 bits per heavy atom. The van der Waals surface area contributed by atoms with Crippen LogP contribution in [0, 0.1) is 0 Å². The fourth-order valence-electron chi connectivity index (χ4n) is 1.50. The minimum absolute atomic E-state index is 0.301. The number of rotatable bonds is 5. The molecule has 3 nitrogen and oxygen atoms in total. The molecule has 0 aromatic carbocycles. The van der Waals surface area contributed by atoms with Crippen molar-refractivity contribution in [2.24, 2.45) is 0 Å². The molecule has 0 saturated heterocycles. The molecule has 0 aliphatic rings. The molecule has 17 heavy (non-hydrogen) atoms. The molecule has 1 heterocycles. The highest BCUT2D eigenvalue weighted by Crippen LogP contribution is 2.23. The van der Waals surface area contributed by atoms with E-state index in [2.05, 4.69) is 10.3 Å². The summed E-state index contributed by atoms with van der Waals surface area (Å²) in [6.45, 7) is 3.64. The Hall–Kier alpha value is -1.46. The van der Waals surface area contributed by atoms with Gasteiger partial charge in [0.25, 0.3) is 0 Å². The summed E-state index contributed by atoms with van der Waals surface area (Å²) >= 11 is 0. The molecule has 0 atom stereocenters. The predicted octanol–water partition coefficient (Wildman–Crippen LogP) is 2.90. The Kier molecular flexibility index (Phi) is 4.60. The van der Waals surface area contributed by atoms with Crippen molar-refractivity contribution in [1.29, 1.82) is 0 Å². The largest absolute Gasteiger partial charge is 0.405 e. The molecule has 96 valence electrons. The molecular weight excluding hydrogens is 231 g/mol. The van der Waals surface area contributed by atoms with Crippen molar-refractivity contribution in [2.45, 2.75) is 20.0 Å². The lowest BCUT2D eigenvalue weighted by atomic mass is 10.3. The molecule has 0 unspecified atom stereocenters. The molecule has 0 spiro atoms. The molecular formula is C11H16F3N3. The van der Waals surface area contributed by atoms with E-state index in [0.717, 1.165) is 0 Å². The van der Waals surface area contributed by atoms with Crippen LogP contribution in [0.15, 0.2) is 18.3 Å². The van der Waals surface area contributed by atoms with Crippen LogP contribution >= 0.6 is 0 Å². The third kappa shape index (κ3) is 4.50. The standard InChI is InChI=1S/C11H16F3N3/c1-3-15-10-7-9(5-6-16-10)17(4-2)8-11(12,13)14/h5-7H,3-4,8H2,1-2H3,(H,15,16). The second-order valence-corrected chi connectivity index (χ2v) is 3.56. The third-order valence-electron chi connectivity index (χ3n) is 2.22. The summed E-state index contributed by atoms with van der Waals surface area (Å²) < 4.78 is 37.1. The smallest absolute Gasteiger partial charge is 0.370 e. The molecule has 0 aliphatic heterocycles. The molecule has 0 aliphatic carbocycles. The van der Waals surface area contributed by atoms with Gasteiger partial charge in [0.1, 0.15) is 12.4 Å². The highest BCUT2D eigenvalue weighted by molar-refractivity contribution is 5.53. The Morgan fingerprint density at radius 1 is 1.35 bits per heavy atom. The van der Waals surface area contributed by atoms with E-state index >= 15 is 0 Å². The first-order valence-corrected chi connectivity index (χ1v) is 5.48. The molecule has 0 saturated carbocycles. The first kappa shape index (κ1) is 13.6. The van der Waals surface area contributed by atoms with Gasteiger partial charge in [0.2, 0.25) is 0 Å². The second-order valence-electron chi connectivity index (χ2n) is 3.56. The summed E-state index contributed by atoms with van der Waals surface area (Å²) in [5.74, 6) is 0.589. The summed E-state index contributed by atoms with van der Waals surface area (Å²) in [6, 6.07) is 3.20. The Labute approximate surface area is 98.6 Å². The van der Waals surface area contributed by atoms with Crippen LogP contribution in [0.5, 0.6) is 0 Å². The minimum atomic E-state index is -4.20. The zero-order valence-corrected chi connectivity index (χ0v) is 9.88. The fourth-order valence-corrected chi connectivity index (χ4v) is 1.50. The van der Waals surface area contributed by atoms with Gasteiger partial charge in [-0.05, 0) is 19.9 Å². The van der Waals surface area contributed by atoms with Gasteiger partial charge in [-0.3, -0.25) is 0 Å². The summed E-state index contributed by atoms with van der Waals surface area (Å²) in [6.07, 6.45) is -2.69. The zero-order chi connectivity index (χ0) is 12.9. The van der Waals surface area contributed by atoms with Gasteiger partial charge in [-0.1, -0.05) is 0 Å². The molecule has 1 aromatic rings. The quantitative estimate of drug-likeness (QED) is 0.867. The lowest BCUT2D eigenvalue weighted by Gasteiger charge is -2.24. The Balaban J connectivity index is 2.84. The van der Waals surface area contributed by atoms with Crippen LogP contribution in [0.4, 0.5) is 24.7 Å². The Bertz CT molecular complexity index is 352. The number of aromatic nitrogens is 1. The van der Waals surface area contributed by atoms with E-state index in [1.807, 2.05) is 6.92 Å². The molecule has 1 rings (SSSR count). The molecule has 1 N–H and O–H groups in total. The number of nitrogens with one attached hydrogen (secondary N) is 1. The van der Waals surface area contributed by atoms with E-state index in [9.17, 15) is 13.2 Å². The fraction of sp³-hybridized carbons (Fsp3) is 0.545. The lowest BCUT2D eigenvalue weighted by molar-refractivity contribution is -0.119. The third-order valence-corrected chi connectivity index (χ3v) is 2.22. The number of alkyl halides is 3. The van der Waals surface area contributed by atoms with Crippen LogP contribution in [0.3, 0.4) is 0 Å². The van der Waals surface area contributed by atoms with Crippen LogP contribution in [0.2, 0.25) is 0 Å². The van der Waals surface area contributed by atoms with Crippen LogP contribution in [-0.2, 0) is 0 Å². The molecule has 0 amide bonds. The monoisotopic (exact) mass is 247 g/mol. The topological polar surface area (TPSA) is 28.2 Å². The Morgan fingerprint density at radius 2 is 2.06 bits per heavy atom. The number of hydrogen-bond acceptors (Lipinski definition) is 3. The van der Waals surface area contributed by atoms with Crippen LogP contribution in [0.25, 0.3) is 0 Å². The number of anilines is 2. The van der Waals surface area contributed by atoms with Crippen molar-refractivity contribution in [3.63, 3.8) is 0 Å². The van der Waals surface area contributed by atoms with Gasteiger partial charge in [0.05, 0.1) is 0 Å². The van der Waals surface area contributed by atoms with E-state index in [1.54, 1.807) is 19.1 Å². The maximum Gasteiger partial charge on any atom is 0.405 e. The van der Waals surface area contributed by atoms with E-state index < -0.39 is 12.7 Å². The SMILES string of the molecule is CCNc1cc(N(CC)CC(F)(F)F)ccn1. The predicted molar refractivity (Wildman–Crippen MR) is 62.3 cm³/mol. The van der Waals surface area contributed by atoms with E-state index in [-0.39, 0.29) is 0 Å². The van der Waals surface area contributed by atoms with E-state index in [1.165, 1.54) is 11.1 Å². The van der Waals surface area contributed by atoms with Crippen molar-refractivity contribution < 1.29 is 13.2 Å². The van der Waals surface area contributed by atoms with Crippen molar-refractivity contribution in [1.82, 2.24) is 4.98 Å². The zero-order valence-electron chi connectivity index (χ0n) is 9.88. The number of halogens is 3. The maximum absolute atomic E-state index is 12.4. The molecule has 1 aromatic heterocycles. The van der Waals surface area contributed by atoms with E-state index in [0.29, 0.717) is 24.6 Å². The van der Waals surface area contributed by atoms with Crippen molar-refractivity contribution in [2.75, 3.05) is 29.9 Å². The summed E-state index contributed by atoms with van der Waals surface area (Å²) in [4.78, 5) is 5.29. The van der Waals surface area contributed by atoms with Crippen molar-refractivity contribution in [3.05, 3.63) is 18.3 Å². The van der Waals surface area contributed by atoms with Gasteiger partial charge in [-0.25, -0.2) is 4.98 Å². The number of hydrogen-bond donors (Lipinski definition) is 1. The van der Waals surface area contributed by atoms with Crippen molar-refractivity contribution >= 4 is 11.5 Å². The summed E-state index contributed by atoms with van der Waals surface area (Å²) in [5.41, 5.74) is 0.524. The lowest BCUT2D eigenvalue weighted by Crippen LogP contribution is -2.34. The second kappa shape index (κ2) is 5.75. The van der Waals surface area contributed by atoms with Gasteiger partial charge in [0, 0.05) is 31.0 Å². The number of nitrogens with zero attached hydrogens (tertiary/aromatic N) is 2. The van der Waals surface area contributed by atoms with Gasteiger partial charge in [0.15, 0.2) is 0 Å². The first-order chi connectivity index (χ1) is 7.96. The summed E-state index contributed by atoms with van der Waals surface area (Å²) in [5, 5.41) is 2.97. The van der Waals surface area contributed by atoms with Gasteiger partial charge < -0.3 is 10.2 Å². The minimum Gasteiger partial charge on any atom is -0.370 e. The van der Waals surface area contributed by atoms with Gasteiger partial charge >= 0.3 is 6.18 Å². The highest BCUT2D eigenvalue weighted by atomic mass is 19.4. The first-order valence-electron chi connectivity index (χ1n) is 5.48. The molecule has 0 bridgehead atoms. The summed E-state index contributed by atoms with van der Waals surface area (Å²) in [7, 11) is 0. The van der Waals surface area contributed by atoms with Crippen LogP contribution < -0.4 is 10.2 Å². The van der Waals surface area contributed by atoms with E-state index in [4.69, 9.17) is 0 Å². The van der Waals surface area contributed by atoms with Crippen molar-refractivity contribution in [3.8, 4) is 0 Å². The maximum atomic E-state index is 12.4. The molecule has 0 radical (unpaired) electrons. The highest BCUT2D eigenvalue weighted by Gasteiger charge is 2.30. The van der Waals surface area contributed by atoms with Crippen LogP contribution in [-0.4, -0.2) is 30.8 Å². The average Bonchev–Trinajstić information content (AvgIpc) is 2.25. The normalized spacial score (nSPS) is 11.4. The molecule has 0 fully saturated rings. The number of pyridine rings is 1. The van der Waals surface area contributed by atoms with Gasteiger partial charge in [-0.15, -0.1) is 0 Å². The molecule has 6 heteroatoms. The van der Waals surface area contributed by atoms with Crippen LogP contribution in [0.1, 0.15) is 13.8 Å². The average molecular weight is 247 g/mol.